The molecule has 0 unspecified atom stereocenters. The van der Waals surface area contributed by atoms with Crippen LogP contribution in [0.2, 0.25) is 5.02 Å². The monoisotopic (exact) mass is 252 g/mol. The third kappa shape index (κ3) is 2.96. The lowest BCUT2D eigenvalue weighted by atomic mass is 10.2. The molecule has 0 saturated heterocycles. The van der Waals surface area contributed by atoms with E-state index in [1.807, 2.05) is 0 Å². The van der Waals surface area contributed by atoms with E-state index in [0.29, 0.717) is 16.3 Å². The molecule has 0 spiro atoms. The first-order chi connectivity index (χ1) is 8.19. The van der Waals surface area contributed by atoms with E-state index in [-0.39, 0.29) is 12.4 Å². The third-order valence-corrected chi connectivity index (χ3v) is 2.47. The van der Waals surface area contributed by atoms with Gasteiger partial charge < -0.3 is 9.84 Å². The minimum Gasteiger partial charge on any atom is -0.454 e. The number of rotatable bonds is 3. The van der Waals surface area contributed by atoms with Gasteiger partial charge in [0, 0.05) is 5.02 Å². The Balaban J connectivity index is 2.25. The summed E-state index contributed by atoms with van der Waals surface area (Å²) in [7, 11) is 0. The summed E-state index contributed by atoms with van der Waals surface area (Å²) in [5.41, 5.74) is 0.593. The molecule has 2 rings (SSSR count). The summed E-state index contributed by atoms with van der Waals surface area (Å²) in [4.78, 5) is 0. The van der Waals surface area contributed by atoms with Crippen LogP contribution in [0.1, 0.15) is 5.56 Å². The van der Waals surface area contributed by atoms with E-state index in [0.717, 1.165) is 0 Å². The van der Waals surface area contributed by atoms with Gasteiger partial charge >= 0.3 is 0 Å². The molecule has 0 heterocycles. The predicted molar refractivity (Wildman–Crippen MR) is 63.8 cm³/mol. The molecule has 88 valence electrons. The second kappa shape index (κ2) is 5.17. The minimum atomic E-state index is -0.475. The van der Waals surface area contributed by atoms with E-state index in [1.54, 1.807) is 24.3 Å². The van der Waals surface area contributed by atoms with Crippen molar-refractivity contribution in [3.63, 3.8) is 0 Å². The molecular formula is C13H10ClFO2. The highest BCUT2D eigenvalue weighted by atomic mass is 35.5. The van der Waals surface area contributed by atoms with Gasteiger partial charge in [0.1, 0.15) is 5.75 Å². The van der Waals surface area contributed by atoms with Crippen molar-refractivity contribution < 1.29 is 14.2 Å². The van der Waals surface area contributed by atoms with Gasteiger partial charge in [0.2, 0.25) is 0 Å². The highest BCUT2D eigenvalue weighted by molar-refractivity contribution is 6.30. The Morgan fingerprint density at radius 2 is 1.82 bits per heavy atom. The number of ether oxygens (including phenoxy) is 1. The van der Waals surface area contributed by atoms with Crippen LogP contribution in [-0.2, 0) is 6.61 Å². The number of hydrogen-bond donors (Lipinski definition) is 1. The summed E-state index contributed by atoms with van der Waals surface area (Å²) in [5, 5.41) is 9.55. The Kier molecular flexibility index (Phi) is 3.61. The average molecular weight is 253 g/mol. The van der Waals surface area contributed by atoms with E-state index in [1.165, 1.54) is 18.2 Å². The number of hydrogen-bond acceptors (Lipinski definition) is 2. The first-order valence-corrected chi connectivity index (χ1v) is 5.39. The average Bonchev–Trinajstić information content (AvgIpc) is 2.35. The van der Waals surface area contributed by atoms with Gasteiger partial charge in [-0.2, -0.15) is 0 Å². The van der Waals surface area contributed by atoms with Crippen LogP contribution in [0.15, 0.2) is 42.5 Å². The fraction of sp³-hybridized carbons (Fsp3) is 0.0769. The lowest BCUT2D eigenvalue weighted by Crippen LogP contribution is -1.91. The Morgan fingerprint density at radius 1 is 1.12 bits per heavy atom. The van der Waals surface area contributed by atoms with Crippen molar-refractivity contribution in [2.75, 3.05) is 0 Å². The number of aliphatic hydroxyl groups excluding tert-OH is 1. The smallest absolute Gasteiger partial charge is 0.165 e. The van der Waals surface area contributed by atoms with E-state index >= 15 is 0 Å². The second-order valence-electron chi connectivity index (χ2n) is 3.48. The van der Waals surface area contributed by atoms with Crippen LogP contribution in [0.4, 0.5) is 4.39 Å². The Hall–Kier alpha value is -1.58. The maximum Gasteiger partial charge on any atom is 0.165 e. The minimum absolute atomic E-state index is 0.0823. The van der Waals surface area contributed by atoms with Crippen molar-refractivity contribution in [1.29, 1.82) is 0 Å². The van der Waals surface area contributed by atoms with Crippen LogP contribution in [0, 0.1) is 5.82 Å². The molecule has 17 heavy (non-hydrogen) atoms. The molecule has 0 radical (unpaired) electrons. The van der Waals surface area contributed by atoms with Gasteiger partial charge in [-0.15, -0.1) is 0 Å². The summed E-state index contributed by atoms with van der Waals surface area (Å²) in [6.07, 6.45) is 0. The first kappa shape index (κ1) is 11.9. The molecule has 1 N–H and O–H groups in total. The quantitative estimate of drug-likeness (QED) is 0.901. The van der Waals surface area contributed by atoms with Crippen molar-refractivity contribution in [3.05, 3.63) is 58.9 Å². The zero-order valence-corrected chi connectivity index (χ0v) is 9.62. The molecule has 0 aromatic heterocycles. The van der Waals surface area contributed by atoms with Gasteiger partial charge in [0.15, 0.2) is 11.6 Å². The molecule has 4 heteroatoms. The fourth-order valence-electron chi connectivity index (χ4n) is 1.35. The Morgan fingerprint density at radius 3 is 2.47 bits per heavy atom. The van der Waals surface area contributed by atoms with E-state index in [9.17, 15) is 4.39 Å². The molecule has 0 saturated carbocycles. The summed E-state index contributed by atoms with van der Waals surface area (Å²) in [6, 6.07) is 10.8. The SMILES string of the molecule is OCc1ccc(F)c(Oc2ccc(Cl)cc2)c1. The van der Waals surface area contributed by atoms with E-state index in [4.69, 9.17) is 21.4 Å². The molecule has 0 bridgehead atoms. The summed E-state index contributed by atoms with van der Waals surface area (Å²) in [6.45, 7) is -0.155. The fourth-order valence-corrected chi connectivity index (χ4v) is 1.48. The first-order valence-electron chi connectivity index (χ1n) is 5.02. The van der Waals surface area contributed by atoms with Gasteiger partial charge in [-0.05, 0) is 42.0 Å². The van der Waals surface area contributed by atoms with Crippen molar-refractivity contribution in [2.24, 2.45) is 0 Å². The van der Waals surface area contributed by atoms with E-state index in [2.05, 4.69) is 0 Å². The molecular weight excluding hydrogens is 243 g/mol. The maximum absolute atomic E-state index is 13.4. The van der Waals surface area contributed by atoms with Crippen molar-refractivity contribution in [2.45, 2.75) is 6.61 Å². The van der Waals surface area contributed by atoms with Crippen molar-refractivity contribution >= 4 is 11.6 Å². The number of benzene rings is 2. The lowest BCUT2D eigenvalue weighted by Gasteiger charge is -2.08. The van der Waals surface area contributed by atoms with Gasteiger partial charge in [-0.1, -0.05) is 17.7 Å². The molecule has 0 aliphatic carbocycles. The van der Waals surface area contributed by atoms with Gasteiger partial charge in [-0.25, -0.2) is 4.39 Å². The number of aliphatic hydroxyl groups is 1. The maximum atomic E-state index is 13.4. The molecule has 0 fully saturated rings. The molecule has 2 nitrogen and oxygen atoms in total. The second-order valence-corrected chi connectivity index (χ2v) is 3.92. The van der Waals surface area contributed by atoms with Crippen LogP contribution < -0.4 is 4.74 Å². The van der Waals surface area contributed by atoms with Crippen LogP contribution >= 0.6 is 11.6 Å². The summed E-state index contributed by atoms with van der Waals surface area (Å²) >= 11 is 5.73. The van der Waals surface area contributed by atoms with Gasteiger partial charge in [0.25, 0.3) is 0 Å². The van der Waals surface area contributed by atoms with Crippen LogP contribution in [0.3, 0.4) is 0 Å². The number of halogens is 2. The molecule has 0 aliphatic heterocycles. The standard InChI is InChI=1S/C13H10ClFO2/c14-10-2-4-11(5-3-10)17-13-7-9(8-16)1-6-12(13)15/h1-7,16H,8H2. The summed E-state index contributed by atoms with van der Waals surface area (Å²) in [5.74, 6) is 0.0967. The van der Waals surface area contributed by atoms with Crippen molar-refractivity contribution in [1.82, 2.24) is 0 Å². The van der Waals surface area contributed by atoms with Gasteiger partial charge in [0.05, 0.1) is 6.61 Å². The van der Waals surface area contributed by atoms with Crippen LogP contribution in [-0.4, -0.2) is 5.11 Å². The van der Waals surface area contributed by atoms with Gasteiger partial charge in [-0.3, -0.25) is 0 Å². The largest absolute Gasteiger partial charge is 0.454 e. The topological polar surface area (TPSA) is 29.5 Å². The molecule has 0 atom stereocenters. The van der Waals surface area contributed by atoms with E-state index < -0.39 is 5.82 Å². The zero-order chi connectivity index (χ0) is 12.3. The highest BCUT2D eigenvalue weighted by Crippen LogP contribution is 2.26. The predicted octanol–water partition coefficient (Wildman–Crippen LogP) is 3.76. The van der Waals surface area contributed by atoms with Crippen LogP contribution in [0.5, 0.6) is 11.5 Å². The van der Waals surface area contributed by atoms with Crippen molar-refractivity contribution in [3.8, 4) is 11.5 Å². The lowest BCUT2D eigenvalue weighted by molar-refractivity contribution is 0.281. The third-order valence-electron chi connectivity index (χ3n) is 2.22. The zero-order valence-electron chi connectivity index (χ0n) is 8.86. The molecule has 2 aromatic rings. The Bertz CT molecular complexity index is 511. The Labute approximate surface area is 103 Å². The highest BCUT2D eigenvalue weighted by Gasteiger charge is 2.06. The normalized spacial score (nSPS) is 10.3. The van der Waals surface area contributed by atoms with Crippen LogP contribution in [0.25, 0.3) is 0 Å². The molecule has 2 aromatic carbocycles. The summed E-state index contributed by atoms with van der Waals surface area (Å²) < 4.78 is 18.8. The molecule has 0 aliphatic rings. The molecule has 0 amide bonds.